The molecule has 0 spiro atoms. The lowest BCUT2D eigenvalue weighted by atomic mass is 10.0. The van der Waals surface area contributed by atoms with Crippen LogP contribution in [-0.2, 0) is 29.1 Å². The highest BCUT2D eigenvalue weighted by molar-refractivity contribution is 9.10. The van der Waals surface area contributed by atoms with Gasteiger partial charge in [0.15, 0.2) is 0 Å². The number of sulfonamides is 1. The number of halogens is 2. The van der Waals surface area contributed by atoms with Crippen molar-refractivity contribution >= 4 is 60.8 Å². The number of fused-ring (bicyclic) bond motifs is 3. The van der Waals surface area contributed by atoms with E-state index in [0.717, 1.165) is 12.8 Å². The van der Waals surface area contributed by atoms with Gasteiger partial charge in [0.2, 0.25) is 27.7 Å². The van der Waals surface area contributed by atoms with Crippen molar-refractivity contribution in [2.45, 2.75) is 126 Å². The molecule has 1 saturated heterocycles. The molecule has 1 aromatic heterocycles. The molecule has 2 aromatic rings. The van der Waals surface area contributed by atoms with Crippen LogP contribution in [-0.4, -0.2) is 87.7 Å². The van der Waals surface area contributed by atoms with Crippen molar-refractivity contribution in [1.82, 2.24) is 30.2 Å². The van der Waals surface area contributed by atoms with Crippen molar-refractivity contribution in [3.8, 4) is 5.88 Å². The molecular weight excluding hydrogens is 775 g/mol. The van der Waals surface area contributed by atoms with Crippen LogP contribution in [0.15, 0.2) is 28.8 Å². The average Bonchev–Trinajstić information content (AvgIpc) is 3.93. The van der Waals surface area contributed by atoms with Gasteiger partial charge in [-0.15, -0.1) is 0 Å². The highest BCUT2D eigenvalue weighted by Crippen LogP contribution is 2.47. The van der Waals surface area contributed by atoms with Crippen LogP contribution in [0.1, 0.15) is 91.2 Å². The molecule has 288 valence electrons. The molecule has 2 saturated carbocycles. The second kappa shape index (κ2) is 14.4. The van der Waals surface area contributed by atoms with E-state index in [2.05, 4.69) is 41.3 Å². The molecule has 3 N–H and O–H groups in total. The van der Waals surface area contributed by atoms with Gasteiger partial charge in [-0.25, -0.2) is 27.6 Å². The first-order valence-corrected chi connectivity index (χ1v) is 20.2. The number of ether oxygens (including phenoxy) is 2. The van der Waals surface area contributed by atoms with Crippen molar-refractivity contribution in [2.24, 2.45) is 5.92 Å². The second-order valence-corrected chi connectivity index (χ2v) is 18.8. The maximum Gasteiger partial charge on any atom is 0.408 e. The number of amides is 4. The summed E-state index contributed by atoms with van der Waals surface area (Å²) in [6.07, 6.45) is 6.21. The molecular formula is C36H46BrFN6O8S. The van der Waals surface area contributed by atoms with Gasteiger partial charge in [0.1, 0.15) is 46.4 Å². The van der Waals surface area contributed by atoms with Crippen LogP contribution in [0.2, 0.25) is 0 Å². The van der Waals surface area contributed by atoms with Crippen LogP contribution in [0.4, 0.5) is 9.18 Å². The van der Waals surface area contributed by atoms with Crippen LogP contribution in [0, 0.1) is 18.7 Å². The van der Waals surface area contributed by atoms with E-state index in [4.69, 9.17) is 9.47 Å². The number of allylic oxidation sites excluding steroid dienone is 1. The summed E-state index contributed by atoms with van der Waals surface area (Å²) in [6.45, 7) is 8.27. The van der Waals surface area contributed by atoms with E-state index < -0.39 is 79.6 Å². The number of aryl methyl sites for hydroxylation is 1. The number of hydrogen-bond acceptors (Lipinski definition) is 10. The summed E-state index contributed by atoms with van der Waals surface area (Å²) in [5, 5.41) is 5.55. The summed E-state index contributed by atoms with van der Waals surface area (Å²) in [7, 11) is -4.01. The number of aromatic nitrogens is 2. The number of rotatable bonds is 6. The number of nitrogens with one attached hydrogen (secondary N) is 3. The summed E-state index contributed by atoms with van der Waals surface area (Å²) in [6, 6.07) is 0.280. The minimum absolute atomic E-state index is 0.0304. The number of benzene rings is 1. The van der Waals surface area contributed by atoms with E-state index in [1.807, 2.05) is 12.2 Å². The molecule has 14 nitrogen and oxygen atoms in total. The van der Waals surface area contributed by atoms with E-state index in [-0.39, 0.29) is 37.2 Å². The van der Waals surface area contributed by atoms with E-state index >= 15 is 0 Å². The number of alkyl carbamates (subject to hydrolysis) is 1. The van der Waals surface area contributed by atoms with Gasteiger partial charge in [0.25, 0.3) is 5.91 Å². The van der Waals surface area contributed by atoms with Crippen molar-refractivity contribution in [3.63, 3.8) is 0 Å². The third kappa shape index (κ3) is 8.45. The summed E-state index contributed by atoms with van der Waals surface area (Å²) >= 11 is 3.31. The molecule has 3 heterocycles. The highest BCUT2D eigenvalue weighted by atomic mass is 79.9. The minimum Gasteiger partial charge on any atom is -0.471 e. The zero-order valence-electron chi connectivity index (χ0n) is 30.5. The molecule has 4 amide bonds. The maximum absolute atomic E-state index is 14.4. The largest absolute Gasteiger partial charge is 0.471 e. The SMILES string of the molecule is Cc1nc2c(Br)cc(F)cc2nc1O[C@@H]1C[C@H]2C(=O)N[C@]3(C(=O)NS(=O)(=O)C4(C)CC4)CC3/C=C\CCCCC[C@H](NC(=O)OC(C)(C)C)C(=O)N2C1. The summed E-state index contributed by atoms with van der Waals surface area (Å²) in [5.41, 5.74) is -1.33. The van der Waals surface area contributed by atoms with Crippen LogP contribution in [0.3, 0.4) is 0 Å². The zero-order valence-corrected chi connectivity index (χ0v) is 32.9. The van der Waals surface area contributed by atoms with Gasteiger partial charge >= 0.3 is 6.09 Å². The monoisotopic (exact) mass is 820 g/mol. The first kappa shape index (κ1) is 38.9. The van der Waals surface area contributed by atoms with Crippen molar-refractivity contribution in [3.05, 3.63) is 40.3 Å². The molecule has 2 aliphatic carbocycles. The van der Waals surface area contributed by atoms with Gasteiger partial charge in [-0.2, -0.15) is 0 Å². The number of carbonyl (C=O) groups excluding carboxylic acids is 4. The van der Waals surface area contributed by atoms with E-state index in [1.165, 1.54) is 17.0 Å². The summed E-state index contributed by atoms with van der Waals surface area (Å²) < 4.78 is 53.8. The van der Waals surface area contributed by atoms with Crippen LogP contribution >= 0.6 is 15.9 Å². The molecule has 17 heteroatoms. The van der Waals surface area contributed by atoms with Crippen molar-refractivity contribution < 1.29 is 41.5 Å². The summed E-state index contributed by atoms with van der Waals surface area (Å²) in [4.78, 5) is 65.8. The lowest BCUT2D eigenvalue weighted by molar-refractivity contribution is -0.141. The fourth-order valence-corrected chi connectivity index (χ4v) is 8.64. The predicted octanol–water partition coefficient (Wildman–Crippen LogP) is 4.48. The first-order valence-electron chi connectivity index (χ1n) is 18.0. The standard InChI is InChI=1S/C36H46BrFN6O8S/c1-20-30(40-26-16-22(38)15-24(37)28(26)39-20)51-23-17-27-29(45)42-36(32(47)43-53(49,50)35(5)13-14-35)18-21(36)11-9-7-6-8-10-12-25(31(46)44(27)19-23)41-33(48)52-34(2,3)4/h9,11,15-16,21,23,25,27H,6-8,10,12-14,17-19H2,1-5H3,(H,41,48)(H,42,45)(H,43,47)/b11-9-/t21?,23-,25+,27+,36-/m1/s1. The third-order valence-corrected chi connectivity index (χ3v) is 13.0. The Morgan fingerprint density at radius 1 is 1.13 bits per heavy atom. The second-order valence-electron chi connectivity index (χ2n) is 15.8. The zero-order chi connectivity index (χ0) is 38.5. The van der Waals surface area contributed by atoms with Crippen LogP contribution in [0.25, 0.3) is 11.0 Å². The number of carbonyl (C=O) groups is 4. The molecule has 4 aliphatic rings. The minimum atomic E-state index is -4.01. The Balaban J connectivity index is 1.32. The Labute approximate surface area is 316 Å². The lowest BCUT2D eigenvalue weighted by Gasteiger charge is -2.30. The van der Waals surface area contributed by atoms with Crippen LogP contribution < -0.4 is 20.1 Å². The molecule has 5 atom stereocenters. The van der Waals surface area contributed by atoms with E-state index in [1.54, 1.807) is 34.6 Å². The third-order valence-electron chi connectivity index (χ3n) is 10.3. The quantitative estimate of drug-likeness (QED) is 0.351. The molecule has 0 bridgehead atoms. The highest BCUT2D eigenvalue weighted by Gasteiger charge is 2.63. The molecule has 53 heavy (non-hydrogen) atoms. The van der Waals surface area contributed by atoms with Gasteiger partial charge in [-0.3, -0.25) is 19.1 Å². The van der Waals surface area contributed by atoms with Gasteiger partial charge in [-0.1, -0.05) is 25.0 Å². The smallest absolute Gasteiger partial charge is 0.408 e. The van der Waals surface area contributed by atoms with Crippen molar-refractivity contribution in [1.29, 1.82) is 0 Å². The molecule has 0 radical (unpaired) electrons. The average molecular weight is 822 g/mol. The number of hydrogen-bond donors (Lipinski definition) is 3. The normalized spacial score (nSPS) is 28.0. The Bertz CT molecular complexity index is 1970. The van der Waals surface area contributed by atoms with Gasteiger partial charge in [-0.05, 0) is 95.1 Å². The van der Waals surface area contributed by atoms with Crippen molar-refractivity contribution in [2.75, 3.05) is 6.54 Å². The van der Waals surface area contributed by atoms with Crippen LogP contribution in [0.5, 0.6) is 5.88 Å². The lowest BCUT2D eigenvalue weighted by Crippen LogP contribution is -2.58. The first-order chi connectivity index (χ1) is 24.8. The Kier molecular flexibility index (Phi) is 10.6. The molecule has 6 rings (SSSR count). The Morgan fingerprint density at radius 2 is 1.87 bits per heavy atom. The van der Waals surface area contributed by atoms with Gasteiger partial charge < -0.3 is 25.0 Å². The Hall–Kier alpha value is -3.86. The fraction of sp³-hybridized carbons (Fsp3) is 0.611. The van der Waals surface area contributed by atoms with E-state index in [9.17, 15) is 32.0 Å². The molecule has 3 fully saturated rings. The van der Waals surface area contributed by atoms with Gasteiger partial charge in [0.05, 0.1) is 16.8 Å². The topological polar surface area (TPSA) is 186 Å². The summed E-state index contributed by atoms with van der Waals surface area (Å²) in [5.74, 6) is -2.96. The predicted molar refractivity (Wildman–Crippen MR) is 196 cm³/mol. The van der Waals surface area contributed by atoms with E-state index in [0.29, 0.717) is 41.4 Å². The maximum atomic E-state index is 14.4. The fourth-order valence-electron chi connectivity index (χ4n) is 6.82. The number of nitrogens with zero attached hydrogens (tertiary/aromatic N) is 3. The van der Waals surface area contributed by atoms with Gasteiger partial charge in [0, 0.05) is 22.9 Å². The Morgan fingerprint density at radius 3 is 2.57 bits per heavy atom. The molecule has 1 unspecified atom stereocenters. The molecule has 2 aliphatic heterocycles. The molecule has 1 aromatic carbocycles.